The summed E-state index contributed by atoms with van der Waals surface area (Å²) < 4.78 is 8.88. The van der Waals surface area contributed by atoms with Crippen LogP contribution in [0, 0.1) is 0 Å². The molecular weight excluding hydrogens is 529 g/mol. The van der Waals surface area contributed by atoms with Crippen LogP contribution in [0.2, 0.25) is 0 Å². The molecule has 1 aromatic carbocycles. The molecule has 1 aromatic heterocycles. The van der Waals surface area contributed by atoms with Gasteiger partial charge in [-0.2, -0.15) is 4.98 Å². The lowest BCUT2D eigenvalue weighted by molar-refractivity contribution is -0.140. The van der Waals surface area contributed by atoms with Crippen LogP contribution in [0.4, 0.5) is 23.1 Å². The van der Waals surface area contributed by atoms with E-state index in [9.17, 15) is 24.3 Å². The number of aromatic amines is 1. The molecule has 0 radical (unpaired) electrons. The fourth-order valence-electron chi connectivity index (χ4n) is 3.42. The van der Waals surface area contributed by atoms with Gasteiger partial charge in [-0.15, -0.1) is 0 Å². The molecule has 2 atom stereocenters. The highest BCUT2D eigenvalue weighted by molar-refractivity contribution is 7.45. The average molecular weight is 557 g/mol. The summed E-state index contributed by atoms with van der Waals surface area (Å²) in [5.41, 5.74) is 6.59. The number of nitrogens with two attached hydrogens (primary N) is 1. The van der Waals surface area contributed by atoms with E-state index >= 15 is 0 Å². The van der Waals surface area contributed by atoms with Gasteiger partial charge in [-0.25, -0.2) is 9.36 Å². The Balaban J connectivity index is 0.000000926. The van der Waals surface area contributed by atoms with Crippen LogP contribution in [0.3, 0.4) is 0 Å². The lowest BCUT2D eigenvalue weighted by Gasteiger charge is -2.35. The maximum absolute atomic E-state index is 12.3. The van der Waals surface area contributed by atoms with E-state index in [1.807, 2.05) is 4.90 Å². The first-order chi connectivity index (χ1) is 17.7. The maximum Gasteiger partial charge on any atom is 0.466 e. The highest BCUT2D eigenvalue weighted by Crippen LogP contribution is 2.26. The number of anilines is 4. The van der Waals surface area contributed by atoms with Crippen molar-refractivity contribution in [1.29, 1.82) is 0 Å². The summed E-state index contributed by atoms with van der Waals surface area (Å²) >= 11 is 0. The number of carboxylic acid groups (broad SMARTS) is 2. The molecule has 1 amide bonds. The Morgan fingerprint density at radius 1 is 1.21 bits per heavy atom. The van der Waals surface area contributed by atoms with Crippen LogP contribution in [0.1, 0.15) is 23.2 Å². The Hall–Kier alpha value is -4.18. The van der Waals surface area contributed by atoms with Gasteiger partial charge in [0.05, 0.1) is 6.04 Å². The number of nitrogen functional groups attached to an aromatic ring is 1. The van der Waals surface area contributed by atoms with Crippen LogP contribution < -0.4 is 32.1 Å². The van der Waals surface area contributed by atoms with E-state index in [0.29, 0.717) is 24.6 Å². The minimum Gasteiger partial charge on any atom is -0.481 e. The van der Waals surface area contributed by atoms with E-state index in [-0.39, 0.29) is 36.0 Å². The third-order valence-corrected chi connectivity index (χ3v) is 5.26. The Morgan fingerprint density at radius 2 is 1.82 bits per heavy atom. The zero-order valence-electron chi connectivity index (χ0n) is 20.0. The van der Waals surface area contributed by atoms with Crippen molar-refractivity contribution in [2.24, 2.45) is 0 Å². The van der Waals surface area contributed by atoms with Crippen LogP contribution in [0.5, 0.6) is 0 Å². The zero-order chi connectivity index (χ0) is 28.6. The number of aliphatic carboxylic acids is 2. The molecule has 0 saturated heterocycles. The van der Waals surface area contributed by atoms with Crippen molar-refractivity contribution >= 4 is 48.8 Å². The lowest BCUT2D eigenvalue weighted by Crippen LogP contribution is -2.48. The Labute approximate surface area is 214 Å². The minimum atomic E-state index is -4.64. The Morgan fingerprint density at radius 3 is 2.37 bits per heavy atom. The molecule has 2 aromatic rings. The summed E-state index contributed by atoms with van der Waals surface area (Å²) in [5.74, 6) is -2.59. The van der Waals surface area contributed by atoms with E-state index in [0.717, 1.165) is 5.69 Å². The van der Waals surface area contributed by atoms with Crippen molar-refractivity contribution in [1.82, 2.24) is 15.3 Å². The molecule has 0 aliphatic carbocycles. The number of H-pyrrole nitrogens is 1. The van der Waals surface area contributed by atoms with Crippen molar-refractivity contribution in [3.05, 3.63) is 40.2 Å². The van der Waals surface area contributed by atoms with Gasteiger partial charge in [-0.3, -0.25) is 19.4 Å². The smallest absolute Gasteiger partial charge is 0.466 e. The number of carboxylic acids is 2. The van der Waals surface area contributed by atoms with Gasteiger partial charge in [-0.1, -0.05) is 0 Å². The van der Waals surface area contributed by atoms with Gasteiger partial charge in [0.25, 0.3) is 11.5 Å². The maximum atomic E-state index is 12.3. The standard InChI is InChI=1S/C20H25N7O6.H3O4P/c1-27-12(9-23-16-15(27)18(31)26-20(21)25-16)8-22-11-4-2-10(3-5-11)17(30)24-13(19(32)33)6-7-14(28)29;1-5(2,3)4/h2-5,12-13,22H,6-9H2,1H3,(H,24,30)(H,28,29)(H,32,33)(H4,21,23,25,26,31);(H3,1,2,3,4)/t12-,13?;/m0./s1. The molecule has 0 spiro atoms. The fourth-order valence-corrected chi connectivity index (χ4v) is 3.42. The molecule has 17 nitrogen and oxygen atoms in total. The highest BCUT2D eigenvalue weighted by Gasteiger charge is 2.27. The highest BCUT2D eigenvalue weighted by atomic mass is 31.2. The number of hydrogen-bond acceptors (Lipinski definition) is 10. The summed E-state index contributed by atoms with van der Waals surface area (Å²) in [6.45, 7) is 1.01. The van der Waals surface area contributed by atoms with Crippen LogP contribution in [0.25, 0.3) is 0 Å². The Bertz CT molecular complexity index is 1260. The summed E-state index contributed by atoms with van der Waals surface area (Å²) in [5, 5.41) is 26.6. The number of carbonyl (C=O) groups is 3. The van der Waals surface area contributed by atoms with Gasteiger partial charge < -0.3 is 51.5 Å². The first kappa shape index (κ1) is 30.0. The molecule has 38 heavy (non-hydrogen) atoms. The van der Waals surface area contributed by atoms with Crippen molar-refractivity contribution in [2.75, 3.05) is 41.4 Å². The topological polar surface area (TPSA) is 281 Å². The van der Waals surface area contributed by atoms with E-state index in [4.69, 9.17) is 30.1 Å². The van der Waals surface area contributed by atoms with E-state index in [2.05, 4.69) is 25.9 Å². The molecule has 208 valence electrons. The summed E-state index contributed by atoms with van der Waals surface area (Å²) in [7, 11) is -2.85. The Kier molecular flexibility index (Phi) is 10.2. The predicted octanol–water partition coefficient (Wildman–Crippen LogP) is -1.19. The molecule has 1 aliphatic heterocycles. The van der Waals surface area contributed by atoms with Crippen molar-refractivity contribution in [2.45, 2.75) is 24.9 Å². The number of aromatic nitrogens is 2. The number of benzene rings is 1. The minimum absolute atomic E-state index is 0.0388. The molecule has 2 heterocycles. The molecule has 1 unspecified atom stereocenters. The molecule has 11 N–H and O–H groups in total. The van der Waals surface area contributed by atoms with Crippen molar-refractivity contribution in [3.63, 3.8) is 0 Å². The number of fused-ring (bicyclic) bond motifs is 1. The average Bonchev–Trinajstić information content (AvgIpc) is 2.79. The molecule has 3 rings (SSSR count). The molecule has 18 heteroatoms. The third-order valence-electron chi connectivity index (χ3n) is 5.26. The van der Waals surface area contributed by atoms with E-state index < -0.39 is 31.7 Å². The second-order valence-corrected chi connectivity index (χ2v) is 9.09. The van der Waals surface area contributed by atoms with Crippen LogP contribution in [0.15, 0.2) is 29.1 Å². The van der Waals surface area contributed by atoms with Gasteiger partial charge in [-0.05, 0) is 30.7 Å². The van der Waals surface area contributed by atoms with Gasteiger partial charge in [0.1, 0.15) is 11.7 Å². The number of phosphoric acid groups is 1. The first-order valence-electron chi connectivity index (χ1n) is 10.9. The number of rotatable bonds is 9. The van der Waals surface area contributed by atoms with Crippen LogP contribution >= 0.6 is 7.82 Å². The number of likely N-dealkylation sites (N-methyl/N-ethyl adjacent to an activating group) is 1. The van der Waals surface area contributed by atoms with Crippen molar-refractivity contribution < 1.29 is 43.8 Å². The van der Waals surface area contributed by atoms with Gasteiger partial charge in [0, 0.05) is 37.8 Å². The second-order valence-electron chi connectivity index (χ2n) is 8.06. The summed E-state index contributed by atoms with van der Waals surface area (Å²) in [6, 6.07) is 5.03. The molecule has 0 fully saturated rings. The number of nitrogens with zero attached hydrogens (tertiary/aromatic N) is 2. The SMILES string of the molecule is CN1c2c(nc(N)[nH]c2=O)NC[C@@H]1CNc1ccc(C(=O)NC(CCC(=O)O)C(=O)O)cc1.O=P(O)(O)O. The van der Waals surface area contributed by atoms with Gasteiger partial charge in [0.15, 0.2) is 5.82 Å². The van der Waals surface area contributed by atoms with Crippen LogP contribution in [-0.4, -0.2) is 84.9 Å². The lowest BCUT2D eigenvalue weighted by atomic mass is 10.1. The number of amides is 1. The van der Waals surface area contributed by atoms with Crippen molar-refractivity contribution in [3.8, 4) is 0 Å². The summed E-state index contributed by atoms with van der Waals surface area (Å²) in [4.78, 5) is 76.4. The second kappa shape index (κ2) is 12.9. The molecule has 0 bridgehead atoms. The molecule has 0 saturated carbocycles. The zero-order valence-corrected chi connectivity index (χ0v) is 20.9. The summed E-state index contributed by atoms with van der Waals surface area (Å²) in [6.07, 6.45) is -0.586. The number of hydrogen-bond donors (Lipinski definition) is 10. The largest absolute Gasteiger partial charge is 0.481 e. The first-order valence-corrected chi connectivity index (χ1v) is 12.5. The van der Waals surface area contributed by atoms with E-state index in [1.165, 1.54) is 12.1 Å². The monoisotopic (exact) mass is 557 g/mol. The third kappa shape index (κ3) is 9.36. The molecular formula is C20H28N7O10P. The number of nitrogens with one attached hydrogen (secondary N) is 4. The van der Waals surface area contributed by atoms with E-state index in [1.54, 1.807) is 19.2 Å². The van der Waals surface area contributed by atoms with Gasteiger partial charge >= 0.3 is 19.8 Å². The van der Waals surface area contributed by atoms with Crippen LogP contribution in [-0.2, 0) is 14.2 Å². The molecule has 1 aliphatic rings. The van der Waals surface area contributed by atoms with Gasteiger partial charge in [0.2, 0.25) is 5.95 Å². The number of carbonyl (C=O) groups excluding carboxylic acids is 1. The normalized spacial score (nSPS) is 15.2. The predicted molar refractivity (Wildman–Crippen MR) is 135 cm³/mol. The quantitative estimate of drug-likeness (QED) is 0.162. The fraction of sp³-hybridized carbons (Fsp3) is 0.350.